The first kappa shape index (κ1) is 21.8. The Labute approximate surface area is 197 Å². The lowest BCUT2D eigenvalue weighted by molar-refractivity contribution is 0.220. The highest BCUT2D eigenvalue weighted by Crippen LogP contribution is 2.34. The SMILES string of the molecule is CN1CCN(c2nc(S(C)=O)nc3c2CCN(c2cccc4ccccc24)C3)CC1CC#N. The summed E-state index contributed by atoms with van der Waals surface area (Å²) in [7, 11) is 0.804. The van der Waals surface area contributed by atoms with Crippen molar-refractivity contribution in [2.75, 3.05) is 49.3 Å². The summed E-state index contributed by atoms with van der Waals surface area (Å²) in [5.74, 6) is 0.902. The zero-order chi connectivity index (χ0) is 22.9. The maximum atomic E-state index is 12.4. The van der Waals surface area contributed by atoms with Crippen LogP contribution in [0.5, 0.6) is 0 Å². The van der Waals surface area contributed by atoms with Crippen LogP contribution >= 0.6 is 0 Å². The van der Waals surface area contributed by atoms with Crippen molar-refractivity contribution in [1.29, 1.82) is 5.26 Å². The third kappa shape index (κ3) is 4.19. The Hall–Kier alpha value is -3.02. The van der Waals surface area contributed by atoms with E-state index in [0.29, 0.717) is 18.1 Å². The maximum absolute atomic E-state index is 12.4. The lowest BCUT2D eigenvalue weighted by Gasteiger charge is -2.41. The molecule has 0 aliphatic carbocycles. The molecule has 0 saturated carbocycles. The first-order valence-electron chi connectivity index (χ1n) is 11.3. The van der Waals surface area contributed by atoms with E-state index in [0.717, 1.165) is 49.7 Å². The van der Waals surface area contributed by atoms with E-state index in [1.807, 2.05) is 0 Å². The van der Waals surface area contributed by atoms with E-state index in [9.17, 15) is 9.47 Å². The van der Waals surface area contributed by atoms with E-state index < -0.39 is 10.8 Å². The fraction of sp³-hybridized carbons (Fsp3) is 0.400. The van der Waals surface area contributed by atoms with Crippen LogP contribution in [0.2, 0.25) is 0 Å². The highest BCUT2D eigenvalue weighted by Gasteiger charge is 2.30. The summed E-state index contributed by atoms with van der Waals surface area (Å²) in [5.41, 5.74) is 3.31. The van der Waals surface area contributed by atoms with E-state index in [1.165, 1.54) is 16.5 Å². The zero-order valence-electron chi connectivity index (χ0n) is 19.1. The van der Waals surface area contributed by atoms with Crippen molar-refractivity contribution in [2.45, 2.75) is 30.6 Å². The molecule has 2 atom stereocenters. The lowest BCUT2D eigenvalue weighted by Crippen LogP contribution is -2.52. The number of fused-ring (bicyclic) bond motifs is 2. The fourth-order valence-electron chi connectivity index (χ4n) is 4.93. The Balaban J connectivity index is 1.52. The van der Waals surface area contributed by atoms with Crippen LogP contribution in [-0.2, 0) is 23.8 Å². The van der Waals surface area contributed by atoms with Crippen molar-refractivity contribution in [3.05, 3.63) is 53.7 Å². The highest BCUT2D eigenvalue weighted by atomic mass is 32.2. The van der Waals surface area contributed by atoms with E-state index in [2.05, 4.69) is 70.3 Å². The summed E-state index contributed by atoms with van der Waals surface area (Å²) in [6.45, 7) is 4.00. The lowest BCUT2D eigenvalue weighted by atomic mass is 10.0. The van der Waals surface area contributed by atoms with Crippen LogP contribution in [0, 0.1) is 11.3 Å². The second-order valence-electron chi connectivity index (χ2n) is 8.82. The van der Waals surface area contributed by atoms with Crippen LogP contribution in [-0.4, -0.2) is 64.6 Å². The Morgan fingerprint density at radius 1 is 1.09 bits per heavy atom. The van der Waals surface area contributed by atoms with Gasteiger partial charge in [-0.3, -0.25) is 9.11 Å². The average molecular weight is 461 g/mol. The third-order valence-corrected chi connectivity index (χ3v) is 7.49. The minimum absolute atomic E-state index is 0.167. The van der Waals surface area contributed by atoms with Crippen LogP contribution in [0.4, 0.5) is 11.5 Å². The van der Waals surface area contributed by atoms with Crippen molar-refractivity contribution in [1.82, 2.24) is 14.9 Å². The smallest absolute Gasteiger partial charge is 0.220 e. The summed E-state index contributed by atoms with van der Waals surface area (Å²) in [6, 6.07) is 17.3. The predicted molar refractivity (Wildman–Crippen MR) is 132 cm³/mol. The van der Waals surface area contributed by atoms with Gasteiger partial charge < -0.3 is 9.80 Å². The summed E-state index contributed by atoms with van der Waals surface area (Å²) in [5, 5.41) is 12.1. The topological polar surface area (TPSA) is 76.4 Å². The summed E-state index contributed by atoms with van der Waals surface area (Å²) in [4.78, 5) is 16.4. The van der Waals surface area contributed by atoms with Crippen molar-refractivity contribution < 1.29 is 4.21 Å². The molecular formula is C25H28N6OS. The molecule has 0 N–H and O–H groups in total. The monoisotopic (exact) mass is 460 g/mol. The van der Waals surface area contributed by atoms with Crippen LogP contribution < -0.4 is 9.80 Å². The van der Waals surface area contributed by atoms with Gasteiger partial charge in [-0.05, 0) is 24.9 Å². The van der Waals surface area contributed by atoms with Gasteiger partial charge in [-0.1, -0.05) is 36.4 Å². The molecule has 0 bridgehead atoms. The number of likely N-dealkylation sites (N-methyl/N-ethyl adjacent to an activating group) is 1. The molecule has 3 heterocycles. The van der Waals surface area contributed by atoms with Gasteiger partial charge in [-0.15, -0.1) is 0 Å². The van der Waals surface area contributed by atoms with Gasteiger partial charge in [0.05, 0.1) is 35.5 Å². The Bertz CT molecular complexity index is 1250. The second kappa shape index (κ2) is 9.08. The van der Waals surface area contributed by atoms with Crippen molar-refractivity contribution in [2.24, 2.45) is 0 Å². The van der Waals surface area contributed by atoms with Gasteiger partial charge in [0.25, 0.3) is 0 Å². The molecule has 0 amide bonds. The number of benzene rings is 2. The van der Waals surface area contributed by atoms with Crippen LogP contribution in [0.3, 0.4) is 0 Å². The van der Waals surface area contributed by atoms with Gasteiger partial charge in [0.2, 0.25) is 5.16 Å². The van der Waals surface area contributed by atoms with Gasteiger partial charge in [-0.25, -0.2) is 9.97 Å². The molecule has 0 radical (unpaired) electrons. The predicted octanol–water partition coefficient (Wildman–Crippen LogP) is 2.96. The largest absolute Gasteiger partial charge is 0.365 e. The summed E-state index contributed by atoms with van der Waals surface area (Å²) >= 11 is 0. The number of nitriles is 1. The number of aromatic nitrogens is 2. The standard InChI is InChI=1S/C25H28N6OS/c1-29-14-15-31(16-19(29)10-12-26)24-21-11-13-30(17-22(21)27-25(28-24)33(2)32)23-9-5-7-18-6-3-4-8-20(18)23/h3-9,19H,10-11,13-17H2,1-2H3. The molecule has 1 aromatic heterocycles. The van der Waals surface area contributed by atoms with Gasteiger partial charge in [0.1, 0.15) is 5.82 Å². The Morgan fingerprint density at radius 2 is 1.91 bits per heavy atom. The summed E-state index contributed by atoms with van der Waals surface area (Å²) < 4.78 is 12.4. The molecule has 7 nitrogen and oxygen atoms in total. The molecule has 0 spiro atoms. The van der Waals surface area contributed by atoms with Crippen LogP contribution in [0.1, 0.15) is 17.7 Å². The molecule has 1 fully saturated rings. The Morgan fingerprint density at radius 3 is 2.73 bits per heavy atom. The van der Waals surface area contributed by atoms with Gasteiger partial charge in [0, 0.05) is 55.1 Å². The van der Waals surface area contributed by atoms with Gasteiger partial charge >= 0.3 is 0 Å². The number of nitrogens with zero attached hydrogens (tertiary/aromatic N) is 6. The molecule has 33 heavy (non-hydrogen) atoms. The number of hydrogen-bond donors (Lipinski definition) is 0. The maximum Gasteiger partial charge on any atom is 0.220 e. The van der Waals surface area contributed by atoms with Crippen molar-refractivity contribution in [3.8, 4) is 6.07 Å². The first-order valence-corrected chi connectivity index (χ1v) is 12.9. The molecule has 2 aliphatic rings. The molecule has 2 unspecified atom stereocenters. The van der Waals surface area contributed by atoms with E-state index in [4.69, 9.17) is 9.97 Å². The second-order valence-corrected chi connectivity index (χ2v) is 10.1. The highest BCUT2D eigenvalue weighted by molar-refractivity contribution is 7.84. The molecular weight excluding hydrogens is 432 g/mol. The molecule has 2 aliphatic heterocycles. The quantitative estimate of drug-likeness (QED) is 0.554. The van der Waals surface area contributed by atoms with Crippen LogP contribution in [0.25, 0.3) is 10.8 Å². The minimum atomic E-state index is -1.27. The first-order chi connectivity index (χ1) is 16.0. The van der Waals surface area contributed by atoms with Crippen molar-refractivity contribution in [3.63, 3.8) is 0 Å². The third-order valence-electron chi connectivity index (χ3n) is 6.79. The van der Waals surface area contributed by atoms with Crippen LogP contribution in [0.15, 0.2) is 47.6 Å². The summed E-state index contributed by atoms with van der Waals surface area (Å²) in [6.07, 6.45) is 2.96. The van der Waals surface area contributed by atoms with E-state index in [1.54, 1.807) is 6.26 Å². The van der Waals surface area contributed by atoms with Gasteiger partial charge in [0.15, 0.2) is 0 Å². The van der Waals surface area contributed by atoms with Gasteiger partial charge in [-0.2, -0.15) is 5.26 Å². The number of rotatable bonds is 4. The normalized spacial score (nSPS) is 19.8. The van der Waals surface area contributed by atoms with E-state index >= 15 is 0 Å². The zero-order valence-corrected chi connectivity index (χ0v) is 19.9. The number of piperazine rings is 1. The van der Waals surface area contributed by atoms with E-state index in [-0.39, 0.29) is 6.04 Å². The number of anilines is 2. The number of hydrogen-bond acceptors (Lipinski definition) is 7. The molecule has 5 rings (SSSR count). The molecule has 170 valence electrons. The Kier molecular flexibility index (Phi) is 6.00. The minimum Gasteiger partial charge on any atom is -0.365 e. The molecule has 2 aromatic carbocycles. The molecule has 8 heteroatoms. The average Bonchev–Trinajstić information content (AvgIpc) is 2.84. The molecule has 3 aromatic rings. The molecule has 1 saturated heterocycles. The fourth-order valence-corrected chi connectivity index (χ4v) is 5.39. The van der Waals surface area contributed by atoms with Crippen molar-refractivity contribution >= 4 is 33.1 Å².